The monoisotopic (exact) mass is 211 g/mol. The summed E-state index contributed by atoms with van der Waals surface area (Å²) in [6.07, 6.45) is 8.57. The van der Waals surface area contributed by atoms with Crippen molar-refractivity contribution < 1.29 is 4.39 Å². The highest BCUT2D eigenvalue weighted by molar-refractivity contribution is 5.71. The second-order valence-electron chi connectivity index (χ2n) is 3.50. The Morgan fingerprint density at radius 3 is 2.81 bits per heavy atom. The first-order valence-electron chi connectivity index (χ1n) is 4.90. The Morgan fingerprint density at radius 1 is 1.25 bits per heavy atom. The first-order chi connectivity index (χ1) is 7.74. The fourth-order valence-corrected chi connectivity index (χ4v) is 1.59. The van der Waals surface area contributed by atoms with Crippen LogP contribution < -0.4 is 0 Å². The molecule has 0 spiro atoms. The quantitative estimate of drug-likeness (QED) is 0.660. The van der Waals surface area contributed by atoms with E-state index in [4.69, 9.17) is 6.42 Å². The molecule has 0 aliphatic rings. The number of rotatable bonds is 1. The highest BCUT2D eigenvalue weighted by atomic mass is 19.1. The van der Waals surface area contributed by atoms with Gasteiger partial charge in [-0.1, -0.05) is 24.1 Å². The molecule has 0 amide bonds. The van der Waals surface area contributed by atoms with Gasteiger partial charge in [-0.05, 0) is 18.6 Å². The van der Waals surface area contributed by atoms with Gasteiger partial charge in [-0.3, -0.25) is 4.98 Å². The van der Waals surface area contributed by atoms with E-state index in [1.54, 1.807) is 43.6 Å². The molecule has 2 heteroatoms. The minimum atomic E-state index is -0.244. The molecule has 78 valence electrons. The van der Waals surface area contributed by atoms with Gasteiger partial charge in [-0.2, -0.15) is 0 Å². The molecular weight excluding hydrogens is 201 g/mol. The SMILES string of the molecule is C#Cc1ccncc1-c1cccc(C)c1F. The van der Waals surface area contributed by atoms with Crippen LogP contribution in [0.3, 0.4) is 0 Å². The maximum absolute atomic E-state index is 13.9. The molecule has 0 N–H and O–H groups in total. The van der Waals surface area contributed by atoms with E-state index in [1.807, 2.05) is 0 Å². The zero-order valence-corrected chi connectivity index (χ0v) is 8.87. The summed E-state index contributed by atoms with van der Waals surface area (Å²) in [5.74, 6) is 2.29. The van der Waals surface area contributed by atoms with E-state index < -0.39 is 0 Å². The maximum atomic E-state index is 13.9. The van der Waals surface area contributed by atoms with Crippen molar-refractivity contribution in [3.63, 3.8) is 0 Å². The number of aromatic nitrogens is 1. The van der Waals surface area contributed by atoms with E-state index in [9.17, 15) is 4.39 Å². The molecule has 2 rings (SSSR count). The molecule has 1 nitrogen and oxygen atoms in total. The summed E-state index contributed by atoms with van der Waals surface area (Å²) in [5.41, 5.74) is 2.41. The van der Waals surface area contributed by atoms with Crippen LogP contribution in [0.4, 0.5) is 4.39 Å². The predicted octanol–water partition coefficient (Wildman–Crippen LogP) is 3.18. The van der Waals surface area contributed by atoms with Gasteiger partial charge in [-0.25, -0.2) is 4.39 Å². The lowest BCUT2D eigenvalue weighted by atomic mass is 10.00. The molecule has 0 radical (unpaired) electrons. The predicted molar refractivity (Wildman–Crippen MR) is 62.3 cm³/mol. The summed E-state index contributed by atoms with van der Waals surface area (Å²) in [6, 6.07) is 6.95. The smallest absolute Gasteiger partial charge is 0.134 e. The van der Waals surface area contributed by atoms with Gasteiger partial charge in [-0.15, -0.1) is 6.42 Å². The molecule has 0 fully saturated rings. The van der Waals surface area contributed by atoms with Crippen LogP contribution in [-0.4, -0.2) is 4.98 Å². The summed E-state index contributed by atoms with van der Waals surface area (Å²) in [5, 5.41) is 0. The van der Waals surface area contributed by atoms with E-state index in [0.717, 1.165) is 0 Å². The van der Waals surface area contributed by atoms with Gasteiger partial charge in [0.15, 0.2) is 0 Å². The van der Waals surface area contributed by atoms with Gasteiger partial charge in [0, 0.05) is 29.1 Å². The van der Waals surface area contributed by atoms with Crippen molar-refractivity contribution in [1.29, 1.82) is 0 Å². The molecule has 1 aromatic heterocycles. The Hall–Kier alpha value is -2.14. The van der Waals surface area contributed by atoms with Crippen LogP contribution in [0, 0.1) is 25.1 Å². The van der Waals surface area contributed by atoms with E-state index in [2.05, 4.69) is 10.9 Å². The molecular formula is C14H10FN. The standard InChI is InChI=1S/C14H10FN/c1-3-11-7-8-16-9-13(11)12-6-4-5-10(2)14(12)15/h1,4-9H,2H3. The summed E-state index contributed by atoms with van der Waals surface area (Å²) in [4.78, 5) is 3.98. The topological polar surface area (TPSA) is 12.9 Å². The van der Waals surface area contributed by atoms with Crippen molar-refractivity contribution in [3.05, 3.63) is 53.6 Å². The molecule has 1 aromatic carbocycles. The number of benzene rings is 1. The number of nitrogens with zero attached hydrogens (tertiary/aromatic N) is 1. The molecule has 0 saturated carbocycles. The second-order valence-corrected chi connectivity index (χ2v) is 3.50. The Balaban J connectivity index is 2.69. The lowest BCUT2D eigenvalue weighted by Crippen LogP contribution is -1.91. The minimum absolute atomic E-state index is 0.244. The van der Waals surface area contributed by atoms with Gasteiger partial charge >= 0.3 is 0 Å². The van der Waals surface area contributed by atoms with Crippen molar-refractivity contribution in [2.24, 2.45) is 0 Å². The second kappa shape index (κ2) is 4.16. The first kappa shape index (κ1) is 10.4. The van der Waals surface area contributed by atoms with Crippen molar-refractivity contribution in [3.8, 4) is 23.5 Å². The zero-order valence-electron chi connectivity index (χ0n) is 8.87. The van der Waals surface area contributed by atoms with Gasteiger partial charge in [0.2, 0.25) is 0 Å². The lowest BCUT2D eigenvalue weighted by molar-refractivity contribution is 0.622. The minimum Gasteiger partial charge on any atom is -0.264 e. The van der Waals surface area contributed by atoms with Crippen molar-refractivity contribution in [2.75, 3.05) is 0 Å². The Kier molecular flexibility index (Phi) is 2.70. The summed E-state index contributed by atoms with van der Waals surface area (Å²) >= 11 is 0. The fourth-order valence-electron chi connectivity index (χ4n) is 1.59. The van der Waals surface area contributed by atoms with Crippen molar-refractivity contribution in [2.45, 2.75) is 6.92 Å². The van der Waals surface area contributed by atoms with Gasteiger partial charge in [0.1, 0.15) is 5.82 Å². The van der Waals surface area contributed by atoms with Crippen LogP contribution in [0.25, 0.3) is 11.1 Å². The molecule has 0 saturated heterocycles. The highest BCUT2D eigenvalue weighted by Crippen LogP contribution is 2.26. The maximum Gasteiger partial charge on any atom is 0.134 e. The number of aryl methyl sites for hydroxylation is 1. The summed E-state index contributed by atoms with van der Waals surface area (Å²) in [7, 11) is 0. The van der Waals surface area contributed by atoms with E-state index in [0.29, 0.717) is 22.3 Å². The third-order valence-corrected chi connectivity index (χ3v) is 2.46. The number of halogens is 1. The molecule has 1 heterocycles. The third kappa shape index (κ3) is 1.68. The van der Waals surface area contributed by atoms with Crippen LogP contribution >= 0.6 is 0 Å². The first-order valence-corrected chi connectivity index (χ1v) is 4.90. The van der Waals surface area contributed by atoms with Crippen LogP contribution in [0.1, 0.15) is 11.1 Å². The largest absolute Gasteiger partial charge is 0.264 e. The third-order valence-electron chi connectivity index (χ3n) is 2.46. The molecule has 0 unspecified atom stereocenters. The average molecular weight is 211 g/mol. The van der Waals surface area contributed by atoms with Gasteiger partial charge < -0.3 is 0 Å². The zero-order chi connectivity index (χ0) is 11.5. The van der Waals surface area contributed by atoms with Gasteiger partial charge in [0.05, 0.1) is 0 Å². The number of pyridine rings is 1. The van der Waals surface area contributed by atoms with Crippen LogP contribution in [-0.2, 0) is 0 Å². The van der Waals surface area contributed by atoms with E-state index in [-0.39, 0.29) is 5.82 Å². The summed E-state index contributed by atoms with van der Waals surface area (Å²) in [6.45, 7) is 1.73. The van der Waals surface area contributed by atoms with Crippen molar-refractivity contribution in [1.82, 2.24) is 4.98 Å². The molecule has 0 bridgehead atoms. The highest BCUT2D eigenvalue weighted by Gasteiger charge is 2.10. The fraction of sp³-hybridized carbons (Fsp3) is 0.0714. The van der Waals surface area contributed by atoms with Crippen LogP contribution in [0.15, 0.2) is 36.7 Å². The Morgan fingerprint density at radius 2 is 2.06 bits per heavy atom. The van der Waals surface area contributed by atoms with Crippen LogP contribution in [0.5, 0.6) is 0 Å². The lowest BCUT2D eigenvalue weighted by Gasteiger charge is -2.07. The Labute approximate surface area is 94.0 Å². The number of hydrogen-bond acceptors (Lipinski definition) is 1. The van der Waals surface area contributed by atoms with Gasteiger partial charge in [0.25, 0.3) is 0 Å². The molecule has 2 aromatic rings. The Bertz CT molecular complexity index is 567. The molecule has 0 aliphatic carbocycles. The van der Waals surface area contributed by atoms with E-state index >= 15 is 0 Å². The molecule has 16 heavy (non-hydrogen) atoms. The van der Waals surface area contributed by atoms with Crippen molar-refractivity contribution >= 4 is 0 Å². The summed E-state index contributed by atoms with van der Waals surface area (Å²) < 4.78 is 13.9. The normalized spacial score (nSPS) is 9.81. The number of hydrogen-bond donors (Lipinski definition) is 0. The van der Waals surface area contributed by atoms with Crippen LogP contribution in [0.2, 0.25) is 0 Å². The van der Waals surface area contributed by atoms with E-state index in [1.165, 1.54) is 0 Å². The molecule has 0 aliphatic heterocycles. The average Bonchev–Trinajstić information content (AvgIpc) is 2.33. The molecule has 0 atom stereocenters. The number of terminal acetylenes is 1.